The zero-order chi connectivity index (χ0) is 28.3. The van der Waals surface area contributed by atoms with Gasteiger partial charge in [-0.3, -0.25) is 13.6 Å². The van der Waals surface area contributed by atoms with Crippen molar-refractivity contribution in [2.24, 2.45) is 0 Å². The summed E-state index contributed by atoms with van der Waals surface area (Å²) in [7, 11) is -7.84. The van der Waals surface area contributed by atoms with Crippen LogP contribution in [0, 0.1) is 6.92 Å². The second-order valence-corrected chi connectivity index (χ2v) is 15.9. The first-order valence-electron chi connectivity index (χ1n) is 12.9. The summed E-state index contributed by atoms with van der Waals surface area (Å²) in [5.41, 5.74) is -0.252. The molecule has 0 bridgehead atoms. The summed E-state index contributed by atoms with van der Waals surface area (Å²) in [6.45, 7) is 26.2. The zero-order valence-electron chi connectivity index (χ0n) is 25.0. The standard InChI is InChI=1S/C27H50O7P2/c1-15-16-27(13,14)24-21(6)17-22(35(28,30-19(2)3)31-20(4)5)18-23(24)32-36(29,33-25(7,8)9)34-26(10,11)12/h17-20H,15-16H2,1-14H3. The summed E-state index contributed by atoms with van der Waals surface area (Å²) < 4.78 is 57.8. The first-order valence-corrected chi connectivity index (χ1v) is 15.9. The molecule has 0 spiro atoms. The summed E-state index contributed by atoms with van der Waals surface area (Å²) in [6, 6.07) is 3.45. The van der Waals surface area contributed by atoms with Crippen molar-refractivity contribution in [2.45, 2.75) is 139 Å². The van der Waals surface area contributed by atoms with E-state index in [9.17, 15) is 9.13 Å². The number of aryl methyl sites for hydroxylation is 1. The highest BCUT2D eigenvalue weighted by Crippen LogP contribution is 2.58. The van der Waals surface area contributed by atoms with Crippen LogP contribution in [-0.4, -0.2) is 23.4 Å². The van der Waals surface area contributed by atoms with Crippen LogP contribution in [0.5, 0.6) is 5.75 Å². The third kappa shape index (κ3) is 10.2. The Morgan fingerprint density at radius 3 is 1.61 bits per heavy atom. The van der Waals surface area contributed by atoms with Gasteiger partial charge < -0.3 is 13.6 Å². The van der Waals surface area contributed by atoms with Gasteiger partial charge in [0.2, 0.25) is 0 Å². The molecule has 0 amide bonds. The summed E-state index contributed by atoms with van der Waals surface area (Å²) in [5, 5.41) is 0.339. The van der Waals surface area contributed by atoms with Crippen molar-refractivity contribution in [3.05, 3.63) is 23.3 Å². The largest absolute Gasteiger partial charge is 0.531 e. The lowest BCUT2D eigenvalue weighted by Gasteiger charge is -2.34. The van der Waals surface area contributed by atoms with E-state index in [2.05, 4.69) is 20.8 Å². The van der Waals surface area contributed by atoms with Gasteiger partial charge in [0.25, 0.3) is 0 Å². The Labute approximate surface area is 220 Å². The van der Waals surface area contributed by atoms with E-state index in [-0.39, 0.29) is 17.6 Å². The maximum Gasteiger partial charge on any atom is 0.531 e. The zero-order valence-corrected chi connectivity index (χ0v) is 26.8. The Balaban J connectivity index is 3.93. The molecule has 210 valence electrons. The number of hydrogen-bond donors (Lipinski definition) is 0. The highest BCUT2D eigenvalue weighted by molar-refractivity contribution is 7.62. The van der Waals surface area contributed by atoms with E-state index in [0.717, 1.165) is 24.0 Å². The lowest BCUT2D eigenvalue weighted by Crippen LogP contribution is -2.27. The van der Waals surface area contributed by atoms with Crippen LogP contribution < -0.4 is 9.83 Å². The minimum Gasteiger partial charge on any atom is -0.404 e. The van der Waals surface area contributed by atoms with Crippen LogP contribution in [0.2, 0.25) is 0 Å². The molecule has 7 nitrogen and oxygen atoms in total. The maximum absolute atomic E-state index is 14.1. The fourth-order valence-electron chi connectivity index (χ4n) is 4.13. The Bertz CT molecular complexity index is 936. The molecule has 0 heterocycles. The van der Waals surface area contributed by atoms with Crippen LogP contribution in [0.4, 0.5) is 0 Å². The highest BCUT2D eigenvalue weighted by atomic mass is 31.2. The lowest BCUT2D eigenvalue weighted by atomic mass is 9.78. The lowest BCUT2D eigenvalue weighted by molar-refractivity contribution is 0.0221. The number of phosphoric acid groups is 1. The monoisotopic (exact) mass is 548 g/mol. The molecule has 0 N–H and O–H groups in total. The van der Waals surface area contributed by atoms with Gasteiger partial charge in [0.05, 0.1) is 28.7 Å². The van der Waals surface area contributed by atoms with E-state index in [0.29, 0.717) is 11.1 Å². The molecule has 1 aromatic rings. The van der Waals surface area contributed by atoms with Crippen LogP contribution in [0.1, 0.15) is 114 Å². The van der Waals surface area contributed by atoms with E-state index in [1.165, 1.54) is 0 Å². The molecule has 0 saturated carbocycles. The number of hydrogen-bond acceptors (Lipinski definition) is 7. The van der Waals surface area contributed by atoms with Crippen molar-refractivity contribution in [3.63, 3.8) is 0 Å². The average molecular weight is 549 g/mol. The number of rotatable bonds is 12. The second kappa shape index (κ2) is 12.0. The number of benzene rings is 1. The molecule has 0 aliphatic heterocycles. The topological polar surface area (TPSA) is 80.3 Å². The van der Waals surface area contributed by atoms with Crippen LogP contribution in [0.25, 0.3) is 0 Å². The minimum absolute atomic E-state index is 0.292. The normalized spacial score (nSPS) is 14.1. The molecule has 0 aromatic heterocycles. The molecule has 0 aliphatic rings. The second-order valence-electron chi connectivity index (χ2n) is 12.5. The van der Waals surface area contributed by atoms with Crippen molar-refractivity contribution >= 4 is 20.7 Å². The Morgan fingerprint density at radius 1 is 0.806 bits per heavy atom. The third-order valence-electron chi connectivity index (χ3n) is 4.83. The Morgan fingerprint density at radius 2 is 1.25 bits per heavy atom. The van der Waals surface area contributed by atoms with Gasteiger partial charge in [-0.1, -0.05) is 27.2 Å². The van der Waals surface area contributed by atoms with Crippen LogP contribution in [-0.2, 0) is 32.6 Å². The minimum atomic E-state index is -4.12. The van der Waals surface area contributed by atoms with Gasteiger partial charge in [-0.2, -0.15) is 0 Å². The van der Waals surface area contributed by atoms with Crippen LogP contribution >= 0.6 is 15.4 Å². The van der Waals surface area contributed by atoms with E-state index < -0.39 is 26.6 Å². The van der Waals surface area contributed by atoms with E-state index in [4.69, 9.17) is 22.6 Å². The summed E-state index contributed by atoms with van der Waals surface area (Å²) >= 11 is 0. The Kier molecular flexibility index (Phi) is 11.1. The first-order chi connectivity index (χ1) is 16.0. The summed E-state index contributed by atoms with van der Waals surface area (Å²) in [5.74, 6) is 0.292. The molecule has 1 aromatic carbocycles. The van der Waals surface area contributed by atoms with Crippen molar-refractivity contribution < 1.29 is 31.7 Å². The predicted molar refractivity (Wildman–Crippen MR) is 149 cm³/mol. The first kappa shape index (κ1) is 33.3. The quantitative estimate of drug-likeness (QED) is 0.241. The van der Waals surface area contributed by atoms with E-state index >= 15 is 0 Å². The maximum atomic E-state index is 14.1. The molecular formula is C27H50O7P2. The van der Waals surface area contributed by atoms with Gasteiger partial charge in [-0.05, 0) is 106 Å². The highest BCUT2D eigenvalue weighted by Gasteiger charge is 2.41. The fourth-order valence-corrected chi connectivity index (χ4v) is 8.00. The van der Waals surface area contributed by atoms with Gasteiger partial charge in [0.15, 0.2) is 0 Å². The van der Waals surface area contributed by atoms with Crippen LogP contribution in [0.3, 0.4) is 0 Å². The van der Waals surface area contributed by atoms with Crippen LogP contribution in [0.15, 0.2) is 12.1 Å². The molecule has 1 rings (SSSR count). The van der Waals surface area contributed by atoms with Gasteiger partial charge in [0.1, 0.15) is 5.75 Å². The van der Waals surface area contributed by atoms with Gasteiger partial charge in [0, 0.05) is 5.56 Å². The average Bonchev–Trinajstić information content (AvgIpc) is 2.55. The van der Waals surface area contributed by atoms with Crippen molar-refractivity contribution in [1.82, 2.24) is 0 Å². The Hall–Kier alpha value is -0.680. The summed E-state index contributed by atoms with van der Waals surface area (Å²) in [4.78, 5) is 0. The molecule has 0 saturated heterocycles. The number of phosphoric ester groups is 1. The van der Waals surface area contributed by atoms with Gasteiger partial charge in [-0.25, -0.2) is 4.57 Å². The molecule has 0 atom stereocenters. The van der Waals surface area contributed by atoms with Gasteiger partial charge in [-0.15, -0.1) is 0 Å². The van der Waals surface area contributed by atoms with E-state index in [1.807, 2.05) is 40.7 Å². The van der Waals surface area contributed by atoms with Crippen molar-refractivity contribution in [3.8, 4) is 5.75 Å². The predicted octanol–water partition coefficient (Wildman–Crippen LogP) is 8.86. The fraction of sp³-hybridized carbons (Fsp3) is 0.778. The molecule has 0 fully saturated rings. The smallest absolute Gasteiger partial charge is 0.404 e. The molecule has 0 radical (unpaired) electrons. The van der Waals surface area contributed by atoms with Gasteiger partial charge >= 0.3 is 15.4 Å². The molecule has 9 heteroatoms. The molecule has 0 unspecified atom stereocenters. The summed E-state index contributed by atoms with van der Waals surface area (Å²) in [6.07, 6.45) is 1.12. The van der Waals surface area contributed by atoms with E-state index in [1.54, 1.807) is 47.6 Å². The SMILES string of the molecule is CCCC(C)(C)c1c(C)cc(P(=O)(OC(C)C)OC(C)C)cc1OP(=O)(OC(C)(C)C)OC(C)(C)C. The molecular weight excluding hydrogens is 498 g/mol. The molecule has 0 aliphatic carbocycles. The van der Waals surface area contributed by atoms with Crippen molar-refractivity contribution in [2.75, 3.05) is 0 Å². The molecule has 36 heavy (non-hydrogen) atoms. The third-order valence-corrected chi connectivity index (χ3v) is 9.08. The van der Waals surface area contributed by atoms with Crippen molar-refractivity contribution in [1.29, 1.82) is 0 Å².